The lowest BCUT2D eigenvalue weighted by atomic mass is 10.1. The minimum Gasteiger partial charge on any atom is -0.347 e. The molecule has 3 rings (SSSR count). The summed E-state index contributed by atoms with van der Waals surface area (Å²) in [6.45, 7) is 0.891. The van der Waals surface area contributed by atoms with Crippen molar-refractivity contribution in [1.82, 2.24) is 30.7 Å². The van der Waals surface area contributed by atoms with Crippen LogP contribution >= 0.6 is 0 Å². The number of imide groups is 1. The number of carbonyl (C=O) groups is 3. The van der Waals surface area contributed by atoms with E-state index >= 15 is 0 Å². The maximum absolute atomic E-state index is 12.3. The van der Waals surface area contributed by atoms with Gasteiger partial charge in [-0.15, -0.1) is 10.2 Å². The fraction of sp³-hybridized carbons (Fsp3) is 0.353. The van der Waals surface area contributed by atoms with Gasteiger partial charge in [-0.25, -0.2) is 4.79 Å². The van der Waals surface area contributed by atoms with Gasteiger partial charge in [-0.3, -0.25) is 14.9 Å². The summed E-state index contributed by atoms with van der Waals surface area (Å²) in [5, 5.41) is 15.3. The first-order valence-electron chi connectivity index (χ1n) is 8.40. The number of hydrogen-bond donors (Lipinski definition) is 3. The molecule has 1 atom stereocenters. The number of hydrogen-bond acceptors (Lipinski definition) is 5. The van der Waals surface area contributed by atoms with Crippen LogP contribution in [0.3, 0.4) is 0 Å². The third-order valence-corrected chi connectivity index (χ3v) is 4.14. The van der Waals surface area contributed by atoms with Crippen LogP contribution in [0.1, 0.15) is 24.2 Å². The molecule has 1 aromatic carbocycles. The molecule has 1 fully saturated rings. The third-order valence-electron chi connectivity index (χ3n) is 4.14. The van der Waals surface area contributed by atoms with Gasteiger partial charge in [0.15, 0.2) is 5.82 Å². The SMILES string of the molecule is O=C1CC[C@@H](C(=O)NCc2nncn2CCc2ccccc2)NC(=O)N1. The number of nitrogens with zero attached hydrogens (tertiary/aromatic N) is 3. The first-order chi connectivity index (χ1) is 12.6. The fourth-order valence-electron chi connectivity index (χ4n) is 2.71. The van der Waals surface area contributed by atoms with E-state index in [1.165, 1.54) is 5.56 Å². The second-order valence-corrected chi connectivity index (χ2v) is 6.01. The second kappa shape index (κ2) is 8.24. The molecule has 3 N–H and O–H groups in total. The summed E-state index contributed by atoms with van der Waals surface area (Å²) in [5.74, 6) is -0.116. The van der Waals surface area contributed by atoms with Crippen LogP contribution in [0, 0.1) is 0 Å². The first-order valence-corrected chi connectivity index (χ1v) is 8.40. The standard InChI is InChI=1S/C17H20N6O3/c24-15-7-6-13(20-17(26)21-15)16(25)18-10-14-22-19-11-23(14)9-8-12-4-2-1-3-5-12/h1-5,11,13H,6-10H2,(H,18,25)(H2,20,21,24,26)/t13-/m0/s1. The fourth-order valence-corrected chi connectivity index (χ4v) is 2.71. The van der Waals surface area contributed by atoms with Gasteiger partial charge in [-0.05, 0) is 18.4 Å². The van der Waals surface area contributed by atoms with Gasteiger partial charge in [0.1, 0.15) is 12.4 Å². The Labute approximate surface area is 150 Å². The number of aryl methyl sites for hydroxylation is 2. The van der Waals surface area contributed by atoms with Crippen LogP contribution in [0.25, 0.3) is 0 Å². The number of urea groups is 1. The molecule has 136 valence electrons. The van der Waals surface area contributed by atoms with Crippen LogP contribution in [0.15, 0.2) is 36.7 Å². The van der Waals surface area contributed by atoms with E-state index in [9.17, 15) is 14.4 Å². The predicted octanol–water partition coefficient (Wildman–Crippen LogP) is 0.125. The highest BCUT2D eigenvalue weighted by Gasteiger charge is 2.26. The highest BCUT2D eigenvalue weighted by atomic mass is 16.2. The number of nitrogens with one attached hydrogen (secondary N) is 3. The van der Waals surface area contributed by atoms with Gasteiger partial charge in [-0.1, -0.05) is 30.3 Å². The average Bonchev–Trinajstić information content (AvgIpc) is 3.01. The molecule has 0 radical (unpaired) electrons. The molecule has 4 amide bonds. The van der Waals surface area contributed by atoms with Gasteiger partial charge in [0.2, 0.25) is 11.8 Å². The molecule has 1 aliphatic rings. The monoisotopic (exact) mass is 356 g/mol. The largest absolute Gasteiger partial charge is 0.347 e. The first kappa shape index (κ1) is 17.6. The van der Waals surface area contributed by atoms with Crippen molar-refractivity contribution in [2.45, 2.75) is 38.4 Å². The van der Waals surface area contributed by atoms with E-state index < -0.39 is 18.0 Å². The maximum Gasteiger partial charge on any atom is 0.322 e. The highest BCUT2D eigenvalue weighted by molar-refractivity contribution is 5.98. The second-order valence-electron chi connectivity index (χ2n) is 6.01. The lowest BCUT2D eigenvalue weighted by molar-refractivity contribution is -0.123. The molecule has 0 bridgehead atoms. The van der Waals surface area contributed by atoms with Crippen LogP contribution < -0.4 is 16.0 Å². The molecule has 26 heavy (non-hydrogen) atoms. The molecule has 2 aromatic rings. The normalized spacial score (nSPS) is 17.2. The summed E-state index contributed by atoms with van der Waals surface area (Å²) in [5.41, 5.74) is 1.20. The Bertz CT molecular complexity index is 789. The molecule has 9 heteroatoms. The van der Waals surface area contributed by atoms with Crippen molar-refractivity contribution in [3.05, 3.63) is 48.0 Å². The van der Waals surface area contributed by atoms with E-state index in [0.717, 1.165) is 6.42 Å². The summed E-state index contributed by atoms with van der Waals surface area (Å²) in [6, 6.07) is 8.65. The minimum atomic E-state index is -0.748. The lowest BCUT2D eigenvalue weighted by Gasteiger charge is -2.15. The molecular weight excluding hydrogens is 336 g/mol. The third kappa shape index (κ3) is 4.65. The molecular formula is C17H20N6O3. The predicted molar refractivity (Wildman–Crippen MR) is 91.7 cm³/mol. The average molecular weight is 356 g/mol. The van der Waals surface area contributed by atoms with E-state index in [-0.39, 0.29) is 25.3 Å². The zero-order valence-corrected chi connectivity index (χ0v) is 14.1. The van der Waals surface area contributed by atoms with Crippen molar-refractivity contribution >= 4 is 17.8 Å². The summed E-state index contributed by atoms with van der Waals surface area (Å²) >= 11 is 0. The summed E-state index contributed by atoms with van der Waals surface area (Å²) in [6.07, 6.45) is 2.82. The van der Waals surface area contributed by atoms with Gasteiger partial charge >= 0.3 is 6.03 Å². The Balaban J connectivity index is 1.53. The molecule has 1 saturated heterocycles. The Morgan fingerprint density at radius 2 is 2.08 bits per heavy atom. The number of carbonyl (C=O) groups excluding carboxylic acids is 3. The van der Waals surface area contributed by atoms with Crippen LogP contribution in [0.4, 0.5) is 4.79 Å². The number of aromatic nitrogens is 3. The van der Waals surface area contributed by atoms with Crippen LogP contribution in [-0.4, -0.2) is 38.7 Å². The van der Waals surface area contributed by atoms with E-state index in [0.29, 0.717) is 12.4 Å². The number of amides is 4. The van der Waals surface area contributed by atoms with Crippen molar-refractivity contribution in [2.24, 2.45) is 0 Å². The summed E-state index contributed by atoms with van der Waals surface area (Å²) < 4.78 is 1.88. The molecule has 0 spiro atoms. The molecule has 0 unspecified atom stereocenters. The van der Waals surface area contributed by atoms with Crippen LogP contribution in [-0.2, 0) is 29.1 Å². The van der Waals surface area contributed by atoms with Crippen molar-refractivity contribution in [3.8, 4) is 0 Å². The molecule has 0 saturated carbocycles. The van der Waals surface area contributed by atoms with E-state index in [4.69, 9.17) is 0 Å². The summed E-state index contributed by atoms with van der Waals surface area (Å²) in [4.78, 5) is 35.0. The molecule has 1 aliphatic heterocycles. The van der Waals surface area contributed by atoms with Gasteiger partial charge in [0, 0.05) is 13.0 Å². The zero-order chi connectivity index (χ0) is 18.4. The van der Waals surface area contributed by atoms with Crippen molar-refractivity contribution < 1.29 is 14.4 Å². The number of rotatable bonds is 6. The van der Waals surface area contributed by atoms with E-state index in [1.54, 1.807) is 6.33 Å². The van der Waals surface area contributed by atoms with Crippen LogP contribution in [0.5, 0.6) is 0 Å². The summed E-state index contributed by atoms with van der Waals surface area (Å²) in [7, 11) is 0. The Morgan fingerprint density at radius 1 is 1.27 bits per heavy atom. The molecule has 9 nitrogen and oxygen atoms in total. The quantitative estimate of drug-likeness (QED) is 0.680. The Hall–Kier alpha value is -3.23. The Morgan fingerprint density at radius 3 is 2.88 bits per heavy atom. The number of benzene rings is 1. The van der Waals surface area contributed by atoms with Crippen molar-refractivity contribution in [2.75, 3.05) is 0 Å². The van der Waals surface area contributed by atoms with E-state index in [1.807, 2.05) is 22.8 Å². The highest BCUT2D eigenvalue weighted by Crippen LogP contribution is 2.05. The smallest absolute Gasteiger partial charge is 0.322 e. The zero-order valence-electron chi connectivity index (χ0n) is 14.1. The Kier molecular flexibility index (Phi) is 5.57. The van der Waals surface area contributed by atoms with E-state index in [2.05, 4.69) is 38.3 Å². The van der Waals surface area contributed by atoms with Crippen molar-refractivity contribution in [1.29, 1.82) is 0 Å². The maximum atomic E-state index is 12.3. The topological polar surface area (TPSA) is 118 Å². The van der Waals surface area contributed by atoms with Gasteiger partial charge in [0.25, 0.3) is 0 Å². The minimum absolute atomic E-state index is 0.115. The molecule has 2 heterocycles. The lowest BCUT2D eigenvalue weighted by Crippen LogP contribution is -2.48. The van der Waals surface area contributed by atoms with Gasteiger partial charge in [0.05, 0.1) is 6.54 Å². The van der Waals surface area contributed by atoms with Crippen molar-refractivity contribution in [3.63, 3.8) is 0 Å². The molecule has 0 aliphatic carbocycles. The molecule has 1 aromatic heterocycles. The van der Waals surface area contributed by atoms with Gasteiger partial charge < -0.3 is 15.2 Å². The van der Waals surface area contributed by atoms with Gasteiger partial charge in [-0.2, -0.15) is 0 Å². The van der Waals surface area contributed by atoms with Crippen LogP contribution in [0.2, 0.25) is 0 Å².